The van der Waals surface area contributed by atoms with Gasteiger partial charge < -0.3 is 15.0 Å². The van der Waals surface area contributed by atoms with Crippen LogP contribution in [0.25, 0.3) is 0 Å². The van der Waals surface area contributed by atoms with Gasteiger partial charge in [0.15, 0.2) is 0 Å². The van der Waals surface area contributed by atoms with Gasteiger partial charge in [-0.3, -0.25) is 9.69 Å². The van der Waals surface area contributed by atoms with E-state index >= 15 is 0 Å². The average molecular weight is 413 g/mol. The lowest BCUT2D eigenvalue weighted by Crippen LogP contribution is -2.52. The Kier molecular flexibility index (Phi) is 6.93. The van der Waals surface area contributed by atoms with Gasteiger partial charge in [0.2, 0.25) is 5.91 Å². The fourth-order valence-corrected chi connectivity index (χ4v) is 4.19. The van der Waals surface area contributed by atoms with E-state index in [1.54, 1.807) is 12.1 Å². The number of carbonyl (C=O) groups is 1. The SMILES string of the molecule is CC(C)N1CCN(C(=O)C2CCC(Nc3ccc(OC(F)(F)F)cc3)CC2)CC1. The normalized spacial score (nSPS) is 23.9. The van der Waals surface area contributed by atoms with E-state index in [4.69, 9.17) is 0 Å². The highest BCUT2D eigenvalue weighted by Gasteiger charge is 2.32. The number of nitrogens with one attached hydrogen (secondary N) is 1. The number of hydrogen-bond donors (Lipinski definition) is 1. The zero-order valence-electron chi connectivity index (χ0n) is 17.0. The lowest BCUT2D eigenvalue weighted by molar-refractivity contribution is -0.274. The molecule has 1 N–H and O–H groups in total. The van der Waals surface area contributed by atoms with Crippen molar-refractivity contribution in [2.24, 2.45) is 5.92 Å². The molecular weight excluding hydrogens is 383 g/mol. The molecule has 1 aliphatic carbocycles. The number of halogens is 3. The van der Waals surface area contributed by atoms with Gasteiger partial charge in [-0.15, -0.1) is 13.2 Å². The Hall–Kier alpha value is -1.96. The number of piperazine rings is 1. The number of benzene rings is 1. The fourth-order valence-electron chi connectivity index (χ4n) is 4.19. The van der Waals surface area contributed by atoms with E-state index in [1.807, 2.05) is 4.90 Å². The van der Waals surface area contributed by atoms with Crippen LogP contribution in [0.5, 0.6) is 5.75 Å². The smallest absolute Gasteiger partial charge is 0.406 e. The van der Waals surface area contributed by atoms with Crippen LogP contribution >= 0.6 is 0 Å². The van der Waals surface area contributed by atoms with E-state index < -0.39 is 6.36 Å². The number of nitrogens with zero attached hydrogens (tertiary/aromatic N) is 2. The molecule has 1 aliphatic heterocycles. The van der Waals surface area contributed by atoms with Crippen LogP contribution in [0.1, 0.15) is 39.5 Å². The zero-order chi connectivity index (χ0) is 21.0. The van der Waals surface area contributed by atoms with Crippen molar-refractivity contribution in [1.82, 2.24) is 9.80 Å². The molecule has 0 spiro atoms. The highest BCUT2D eigenvalue weighted by molar-refractivity contribution is 5.79. The first-order valence-corrected chi connectivity index (χ1v) is 10.4. The monoisotopic (exact) mass is 413 g/mol. The number of alkyl halides is 3. The molecule has 0 radical (unpaired) electrons. The first-order valence-electron chi connectivity index (χ1n) is 10.4. The summed E-state index contributed by atoms with van der Waals surface area (Å²) in [6, 6.07) is 6.54. The number of anilines is 1. The summed E-state index contributed by atoms with van der Waals surface area (Å²) in [4.78, 5) is 17.2. The Balaban J connectivity index is 1.43. The third-order valence-electron chi connectivity index (χ3n) is 5.89. The third kappa shape index (κ3) is 6.26. The van der Waals surface area contributed by atoms with Gasteiger partial charge in [0.05, 0.1) is 0 Å². The van der Waals surface area contributed by atoms with Crippen molar-refractivity contribution in [1.29, 1.82) is 0 Å². The summed E-state index contributed by atoms with van der Waals surface area (Å²) in [5, 5.41) is 3.36. The number of ether oxygens (including phenoxy) is 1. The molecule has 1 heterocycles. The Morgan fingerprint density at radius 3 is 2.14 bits per heavy atom. The average Bonchev–Trinajstić information content (AvgIpc) is 2.68. The summed E-state index contributed by atoms with van der Waals surface area (Å²) in [6.07, 6.45) is -1.24. The van der Waals surface area contributed by atoms with Crippen LogP contribution in [-0.2, 0) is 4.79 Å². The molecular formula is C21H30F3N3O2. The van der Waals surface area contributed by atoms with Gasteiger partial charge in [-0.05, 0) is 63.8 Å². The highest BCUT2D eigenvalue weighted by Crippen LogP contribution is 2.30. The Morgan fingerprint density at radius 1 is 1.03 bits per heavy atom. The van der Waals surface area contributed by atoms with Crippen LogP contribution in [-0.4, -0.2) is 60.3 Å². The van der Waals surface area contributed by atoms with Gasteiger partial charge in [-0.2, -0.15) is 0 Å². The van der Waals surface area contributed by atoms with Crippen LogP contribution in [0.4, 0.5) is 18.9 Å². The molecule has 8 heteroatoms. The molecule has 2 aliphatic rings. The molecule has 1 saturated carbocycles. The van der Waals surface area contributed by atoms with Gasteiger partial charge in [-0.1, -0.05) is 0 Å². The molecule has 3 rings (SSSR count). The summed E-state index contributed by atoms with van der Waals surface area (Å²) >= 11 is 0. The molecule has 1 amide bonds. The fraction of sp³-hybridized carbons (Fsp3) is 0.667. The maximum Gasteiger partial charge on any atom is 0.573 e. The number of hydrogen-bond acceptors (Lipinski definition) is 4. The quantitative estimate of drug-likeness (QED) is 0.789. The molecule has 5 nitrogen and oxygen atoms in total. The van der Waals surface area contributed by atoms with Gasteiger partial charge >= 0.3 is 6.36 Å². The Bertz CT molecular complexity index is 663. The maximum atomic E-state index is 12.8. The van der Waals surface area contributed by atoms with Crippen molar-refractivity contribution in [2.75, 3.05) is 31.5 Å². The Morgan fingerprint density at radius 2 is 1.62 bits per heavy atom. The lowest BCUT2D eigenvalue weighted by Gasteiger charge is -2.39. The second-order valence-electron chi connectivity index (χ2n) is 8.22. The topological polar surface area (TPSA) is 44.8 Å². The van der Waals surface area contributed by atoms with Gasteiger partial charge in [0.25, 0.3) is 0 Å². The van der Waals surface area contributed by atoms with E-state index in [-0.39, 0.29) is 23.6 Å². The van der Waals surface area contributed by atoms with Crippen molar-refractivity contribution in [3.05, 3.63) is 24.3 Å². The first-order chi connectivity index (χ1) is 13.7. The highest BCUT2D eigenvalue weighted by atomic mass is 19.4. The molecule has 0 atom stereocenters. The molecule has 162 valence electrons. The minimum Gasteiger partial charge on any atom is -0.406 e. The van der Waals surface area contributed by atoms with Crippen molar-refractivity contribution >= 4 is 11.6 Å². The van der Waals surface area contributed by atoms with Crippen molar-refractivity contribution in [3.8, 4) is 5.75 Å². The van der Waals surface area contributed by atoms with Crippen LogP contribution in [0, 0.1) is 5.92 Å². The lowest BCUT2D eigenvalue weighted by atomic mass is 9.85. The van der Waals surface area contributed by atoms with Gasteiger partial charge in [-0.25, -0.2) is 0 Å². The van der Waals surface area contributed by atoms with Crippen LogP contribution in [0.2, 0.25) is 0 Å². The van der Waals surface area contributed by atoms with Crippen LogP contribution < -0.4 is 10.1 Å². The summed E-state index contributed by atoms with van der Waals surface area (Å²) in [5.74, 6) is 0.136. The van der Waals surface area contributed by atoms with E-state index in [0.717, 1.165) is 57.5 Å². The number of amides is 1. The van der Waals surface area contributed by atoms with Crippen molar-refractivity contribution in [2.45, 2.75) is 58.0 Å². The molecule has 29 heavy (non-hydrogen) atoms. The molecule has 0 aromatic heterocycles. The second kappa shape index (κ2) is 9.24. The molecule has 1 saturated heterocycles. The largest absolute Gasteiger partial charge is 0.573 e. The Labute approximate surface area is 170 Å². The number of rotatable bonds is 5. The third-order valence-corrected chi connectivity index (χ3v) is 5.89. The first kappa shape index (κ1) is 21.7. The molecule has 0 unspecified atom stereocenters. The maximum absolute atomic E-state index is 12.8. The predicted molar refractivity (Wildman–Crippen MR) is 106 cm³/mol. The van der Waals surface area contributed by atoms with E-state index in [0.29, 0.717) is 6.04 Å². The minimum absolute atomic E-state index is 0.0845. The molecule has 1 aromatic rings. The van der Waals surface area contributed by atoms with Crippen molar-refractivity contribution in [3.63, 3.8) is 0 Å². The van der Waals surface area contributed by atoms with Crippen LogP contribution in [0.3, 0.4) is 0 Å². The summed E-state index contributed by atoms with van der Waals surface area (Å²) in [7, 11) is 0. The number of carbonyl (C=O) groups excluding carboxylic acids is 1. The summed E-state index contributed by atoms with van der Waals surface area (Å²) < 4.78 is 40.6. The minimum atomic E-state index is -4.68. The molecule has 0 bridgehead atoms. The van der Waals surface area contributed by atoms with E-state index in [9.17, 15) is 18.0 Å². The second-order valence-corrected chi connectivity index (χ2v) is 8.22. The summed E-state index contributed by atoms with van der Waals surface area (Å²) in [6.45, 7) is 7.86. The van der Waals surface area contributed by atoms with E-state index in [1.165, 1.54) is 12.1 Å². The van der Waals surface area contributed by atoms with Crippen molar-refractivity contribution < 1.29 is 22.7 Å². The molecule has 2 fully saturated rings. The molecule has 1 aromatic carbocycles. The summed E-state index contributed by atoms with van der Waals surface area (Å²) in [5.41, 5.74) is 0.763. The predicted octanol–water partition coefficient (Wildman–Crippen LogP) is 4.11. The van der Waals surface area contributed by atoms with Gasteiger partial charge in [0.1, 0.15) is 5.75 Å². The van der Waals surface area contributed by atoms with Gasteiger partial charge in [0, 0.05) is 49.9 Å². The standard InChI is InChI=1S/C21H30F3N3O2/c1-15(2)26-11-13-27(14-12-26)20(28)16-3-5-17(6-4-16)25-18-7-9-19(10-8-18)29-21(22,23)24/h7-10,15-17,25H,3-6,11-14H2,1-2H3. The zero-order valence-corrected chi connectivity index (χ0v) is 17.0. The van der Waals surface area contributed by atoms with E-state index in [2.05, 4.69) is 28.8 Å². The van der Waals surface area contributed by atoms with Crippen LogP contribution in [0.15, 0.2) is 24.3 Å².